The van der Waals surface area contributed by atoms with Crippen LogP contribution in [0.3, 0.4) is 0 Å². The quantitative estimate of drug-likeness (QED) is 0.709. The van der Waals surface area contributed by atoms with Crippen molar-refractivity contribution in [2.45, 2.75) is 32.5 Å². The summed E-state index contributed by atoms with van der Waals surface area (Å²) in [5.41, 5.74) is -1.41. The molecule has 0 atom stereocenters. The van der Waals surface area contributed by atoms with E-state index >= 15 is 0 Å². The highest BCUT2D eigenvalue weighted by atomic mass is 19.4. The Kier molecular flexibility index (Phi) is 3.01. The Labute approximate surface area is 82.7 Å². The van der Waals surface area contributed by atoms with Crippen LogP contribution in [0.2, 0.25) is 0 Å². The van der Waals surface area contributed by atoms with E-state index < -0.39 is 18.4 Å². The molecular formula is C8H9F5N2. The number of alkyl halides is 5. The van der Waals surface area contributed by atoms with Gasteiger partial charge in [-0.2, -0.15) is 31.7 Å². The molecule has 0 unspecified atom stereocenters. The molecule has 1 aromatic rings. The third kappa shape index (κ3) is 2.45. The van der Waals surface area contributed by atoms with Gasteiger partial charge in [0.15, 0.2) is 0 Å². The van der Waals surface area contributed by atoms with Crippen LogP contribution in [0.15, 0.2) is 6.07 Å². The molecule has 0 N–H and O–H groups in total. The van der Waals surface area contributed by atoms with Gasteiger partial charge in [-0.15, -0.1) is 0 Å². The van der Waals surface area contributed by atoms with E-state index in [1.54, 1.807) is 13.8 Å². The van der Waals surface area contributed by atoms with Gasteiger partial charge in [-0.1, -0.05) is 13.8 Å². The maximum atomic E-state index is 12.3. The molecule has 0 bridgehead atoms. The lowest BCUT2D eigenvalue weighted by Crippen LogP contribution is -2.15. The van der Waals surface area contributed by atoms with Crippen LogP contribution in [-0.2, 0) is 6.18 Å². The monoisotopic (exact) mass is 228 g/mol. The lowest BCUT2D eigenvalue weighted by molar-refractivity contribution is -0.149. The zero-order valence-corrected chi connectivity index (χ0v) is 8.02. The number of rotatable bonds is 2. The molecule has 0 saturated heterocycles. The Morgan fingerprint density at radius 1 is 1.27 bits per heavy atom. The summed E-state index contributed by atoms with van der Waals surface area (Å²) in [7, 11) is 0. The molecule has 0 fully saturated rings. The molecule has 1 heterocycles. The number of hydrogen-bond acceptors (Lipinski definition) is 1. The van der Waals surface area contributed by atoms with Crippen molar-refractivity contribution < 1.29 is 22.0 Å². The molecule has 0 saturated carbocycles. The van der Waals surface area contributed by atoms with Crippen molar-refractivity contribution in [2.75, 3.05) is 0 Å². The first-order chi connectivity index (χ1) is 6.73. The molecule has 0 aromatic carbocycles. The SMILES string of the molecule is CC(C)c1cc(C(F)(F)F)n(C(F)F)n1. The van der Waals surface area contributed by atoms with Gasteiger partial charge in [0, 0.05) is 0 Å². The highest BCUT2D eigenvalue weighted by Gasteiger charge is 2.38. The molecule has 0 radical (unpaired) electrons. The minimum Gasteiger partial charge on any atom is -0.199 e. The molecule has 0 aliphatic heterocycles. The Balaban J connectivity index is 3.24. The zero-order chi connectivity index (χ0) is 11.8. The predicted octanol–water partition coefficient (Wildman–Crippen LogP) is 3.42. The first kappa shape index (κ1) is 11.9. The van der Waals surface area contributed by atoms with Crippen LogP contribution >= 0.6 is 0 Å². The van der Waals surface area contributed by atoms with Gasteiger partial charge in [0.2, 0.25) is 0 Å². The van der Waals surface area contributed by atoms with E-state index in [4.69, 9.17) is 0 Å². The average molecular weight is 228 g/mol. The van der Waals surface area contributed by atoms with Gasteiger partial charge >= 0.3 is 12.7 Å². The lowest BCUT2D eigenvalue weighted by atomic mass is 10.1. The van der Waals surface area contributed by atoms with E-state index in [9.17, 15) is 22.0 Å². The molecule has 86 valence electrons. The van der Waals surface area contributed by atoms with E-state index in [2.05, 4.69) is 5.10 Å². The smallest absolute Gasteiger partial charge is 0.199 e. The lowest BCUT2D eigenvalue weighted by Gasteiger charge is -2.08. The maximum absolute atomic E-state index is 12.3. The molecule has 7 heteroatoms. The second-order valence-corrected chi connectivity index (χ2v) is 3.33. The summed E-state index contributed by atoms with van der Waals surface area (Å²) in [4.78, 5) is 0. The maximum Gasteiger partial charge on any atom is 0.433 e. The first-order valence-corrected chi connectivity index (χ1v) is 4.18. The number of halogens is 5. The minimum absolute atomic E-state index is 0.00243. The average Bonchev–Trinajstić information content (AvgIpc) is 2.45. The van der Waals surface area contributed by atoms with E-state index in [0.717, 1.165) is 0 Å². The summed E-state index contributed by atoms with van der Waals surface area (Å²) in [6.45, 7) is -0.120. The van der Waals surface area contributed by atoms with Crippen LogP contribution < -0.4 is 0 Å². The molecule has 0 aliphatic carbocycles. The van der Waals surface area contributed by atoms with Crippen molar-refractivity contribution in [1.82, 2.24) is 9.78 Å². The van der Waals surface area contributed by atoms with Crippen molar-refractivity contribution in [1.29, 1.82) is 0 Å². The van der Waals surface area contributed by atoms with E-state index in [1.807, 2.05) is 0 Å². The molecule has 1 aromatic heterocycles. The molecular weight excluding hydrogens is 219 g/mol. The minimum atomic E-state index is -4.81. The molecule has 0 amide bonds. The summed E-state index contributed by atoms with van der Waals surface area (Å²) in [6.07, 6.45) is -4.81. The van der Waals surface area contributed by atoms with Gasteiger partial charge in [-0.3, -0.25) is 0 Å². The van der Waals surface area contributed by atoms with E-state index in [0.29, 0.717) is 6.07 Å². The molecule has 2 nitrogen and oxygen atoms in total. The van der Waals surface area contributed by atoms with E-state index in [1.165, 1.54) is 0 Å². The predicted molar refractivity (Wildman–Crippen MR) is 42.6 cm³/mol. The molecule has 1 rings (SSSR count). The highest BCUT2D eigenvalue weighted by Crippen LogP contribution is 2.33. The Hall–Kier alpha value is -1.14. The summed E-state index contributed by atoms with van der Waals surface area (Å²) < 4.78 is 61.0. The van der Waals surface area contributed by atoms with Crippen molar-refractivity contribution in [3.63, 3.8) is 0 Å². The van der Waals surface area contributed by atoms with Crippen molar-refractivity contribution in [2.24, 2.45) is 0 Å². The Bertz CT molecular complexity index is 339. The van der Waals surface area contributed by atoms with Crippen LogP contribution in [0.5, 0.6) is 0 Å². The highest BCUT2D eigenvalue weighted by molar-refractivity contribution is 5.16. The van der Waals surface area contributed by atoms with Gasteiger partial charge in [-0.25, -0.2) is 0 Å². The Morgan fingerprint density at radius 2 is 1.80 bits per heavy atom. The fourth-order valence-corrected chi connectivity index (χ4v) is 1.06. The third-order valence-electron chi connectivity index (χ3n) is 1.82. The molecule has 15 heavy (non-hydrogen) atoms. The topological polar surface area (TPSA) is 17.8 Å². The third-order valence-corrected chi connectivity index (χ3v) is 1.82. The second kappa shape index (κ2) is 3.79. The van der Waals surface area contributed by atoms with Crippen molar-refractivity contribution in [3.05, 3.63) is 17.5 Å². The zero-order valence-electron chi connectivity index (χ0n) is 8.02. The normalized spacial score (nSPS) is 12.9. The van der Waals surface area contributed by atoms with Crippen LogP contribution in [0.1, 0.15) is 37.7 Å². The van der Waals surface area contributed by atoms with Crippen LogP contribution in [0.4, 0.5) is 22.0 Å². The van der Waals surface area contributed by atoms with Gasteiger partial charge in [-0.05, 0) is 12.0 Å². The number of aromatic nitrogens is 2. The van der Waals surface area contributed by atoms with Crippen molar-refractivity contribution >= 4 is 0 Å². The van der Waals surface area contributed by atoms with Gasteiger partial charge in [0.1, 0.15) is 5.69 Å². The van der Waals surface area contributed by atoms with Crippen LogP contribution in [-0.4, -0.2) is 9.78 Å². The summed E-state index contributed by atoms with van der Waals surface area (Å²) >= 11 is 0. The van der Waals surface area contributed by atoms with Crippen LogP contribution in [0, 0.1) is 0 Å². The molecule has 0 spiro atoms. The van der Waals surface area contributed by atoms with Crippen molar-refractivity contribution in [3.8, 4) is 0 Å². The van der Waals surface area contributed by atoms with Gasteiger partial charge in [0.25, 0.3) is 0 Å². The van der Waals surface area contributed by atoms with Crippen LogP contribution in [0.25, 0.3) is 0 Å². The second-order valence-electron chi connectivity index (χ2n) is 3.33. The fraction of sp³-hybridized carbons (Fsp3) is 0.625. The summed E-state index contributed by atoms with van der Waals surface area (Å²) in [5.74, 6) is -0.328. The standard InChI is InChI=1S/C8H9F5N2/c1-4(2)5-3-6(8(11,12)13)15(14-5)7(9)10/h3-4,7H,1-2H3. The first-order valence-electron chi connectivity index (χ1n) is 4.18. The number of hydrogen-bond donors (Lipinski definition) is 0. The fourth-order valence-electron chi connectivity index (χ4n) is 1.06. The van der Waals surface area contributed by atoms with Gasteiger partial charge in [0.05, 0.1) is 5.69 Å². The Morgan fingerprint density at radius 3 is 2.07 bits per heavy atom. The molecule has 0 aliphatic rings. The summed E-state index contributed by atoms with van der Waals surface area (Å²) in [5, 5.41) is 3.22. The van der Waals surface area contributed by atoms with Gasteiger partial charge < -0.3 is 0 Å². The number of nitrogens with zero attached hydrogens (tertiary/aromatic N) is 2. The van der Waals surface area contributed by atoms with E-state index in [-0.39, 0.29) is 16.3 Å². The summed E-state index contributed by atoms with van der Waals surface area (Å²) in [6, 6.07) is 0.650. The largest absolute Gasteiger partial charge is 0.433 e.